The molecule has 1 aliphatic rings. The number of carboxylic acid groups (broad SMARTS) is 1. The van der Waals surface area contributed by atoms with Crippen LogP contribution in [0.1, 0.15) is 25.0 Å². The summed E-state index contributed by atoms with van der Waals surface area (Å²) in [5.41, 5.74) is 1.03. The zero-order valence-electron chi connectivity index (χ0n) is 9.22. The second kappa shape index (κ2) is 4.45. The predicted octanol–water partition coefficient (Wildman–Crippen LogP) is 1.30. The van der Waals surface area contributed by atoms with Gasteiger partial charge in [-0.1, -0.05) is 5.21 Å². The zero-order valence-corrected chi connectivity index (χ0v) is 10.0. The Morgan fingerprint density at radius 3 is 2.94 bits per heavy atom. The molecule has 88 valence electrons. The number of rotatable bonds is 6. The molecule has 1 fully saturated rings. The summed E-state index contributed by atoms with van der Waals surface area (Å²) in [7, 11) is 1.84. The van der Waals surface area contributed by atoms with E-state index in [0.717, 1.165) is 30.0 Å². The predicted molar refractivity (Wildman–Crippen MR) is 61.1 cm³/mol. The SMILES string of the molecule is Cn1cc(CSCC2(CC(=O)O)CC2)nn1. The van der Waals surface area contributed by atoms with Gasteiger partial charge in [-0.15, -0.1) is 5.10 Å². The molecule has 0 aromatic carbocycles. The molecule has 0 aliphatic heterocycles. The van der Waals surface area contributed by atoms with Crippen molar-refractivity contribution < 1.29 is 9.90 Å². The van der Waals surface area contributed by atoms with Crippen molar-refractivity contribution in [2.75, 3.05) is 5.75 Å². The van der Waals surface area contributed by atoms with Crippen molar-refractivity contribution in [3.63, 3.8) is 0 Å². The average molecular weight is 241 g/mol. The first-order valence-electron chi connectivity index (χ1n) is 5.24. The number of thioether (sulfide) groups is 1. The molecule has 0 bridgehead atoms. The van der Waals surface area contributed by atoms with Crippen LogP contribution in [0, 0.1) is 5.41 Å². The Morgan fingerprint density at radius 2 is 2.44 bits per heavy atom. The summed E-state index contributed by atoms with van der Waals surface area (Å²) in [6.45, 7) is 0. The number of aromatic nitrogens is 3. The maximum absolute atomic E-state index is 10.7. The Hall–Kier alpha value is -1.04. The Labute approximate surface area is 98.2 Å². The molecule has 0 amide bonds. The third-order valence-electron chi connectivity index (χ3n) is 2.79. The molecule has 16 heavy (non-hydrogen) atoms. The van der Waals surface area contributed by atoms with Crippen molar-refractivity contribution in [2.24, 2.45) is 12.5 Å². The third kappa shape index (κ3) is 2.98. The lowest BCUT2D eigenvalue weighted by Gasteiger charge is -2.10. The first-order chi connectivity index (χ1) is 7.60. The third-order valence-corrected chi connectivity index (χ3v) is 4.11. The molecule has 0 spiro atoms. The Balaban J connectivity index is 1.74. The molecule has 0 unspecified atom stereocenters. The van der Waals surface area contributed by atoms with E-state index in [4.69, 9.17) is 5.11 Å². The second-order valence-corrected chi connectivity index (χ2v) is 5.43. The molecular weight excluding hydrogens is 226 g/mol. The van der Waals surface area contributed by atoms with Crippen LogP contribution in [0.5, 0.6) is 0 Å². The molecule has 1 aromatic heterocycles. The number of carboxylic acids is 1. The first kappa shape index (κ1) is 11.4. The normalized spacial score (nSPS) is 17.3. The number of carbonyl (C=O) groups is 1. The van der Waals surface area contributed by atoms with Gasteiger partial charge >= 0.3 is 5.97 Å². The summed E-state index contributed by atoms with van der Waals surface area (Å²) in [6.07, 6.45) is 4.30. The molecule has 5 nitrogen and oxygen atoms in total. The van der Waals surface area contributed by atoms with Crippen LogP contribution in [0.15, 0.2) is 6.20 Å². The first-order valence-corrected chi connectivity index (χ1v) is 6.40. The number of hydrogen-bond acceptors (Lipinski definition) is 4. The van der Waals surface area contributed by atoms with Gasteiger partial charge in [0, 0.05) is 19.0 Å². The van der Waals surface area contributed by atoms with Crippen LogP contribution < -0.4 is 0 Å². The van der Waals surface area contributed by atoms with Crippen LogP contribution in [-0.2, 0) is 17.6 Å². The van der Waals surface area contributed by atoms with Crippen LogP contribution in [-0.4, -0.2) is 31.8 Å². The van der Waals surface area contributed by atoms with E-state index >= 15 is 0 Å². The van der Waals surface area contributed by atoms with Gasteiger partial charge in [-0.3, -0.25) is 9.48 Å². The monoisotopic (exact) mass is 241 g/mol. The van der Waals surface area contributed by atoms with Gasteiger partial charge < -0.3 is 5.11 Å². The lowest BCUT2D eigenvalue weighted by molar-refractivity contribution is -0.138. The van der Waals surface area contributed by atoms with Crippen molar-refractivity contribution in [3.8, 4) is 0 Å². The van der Waals surface area contributed by atoms with E-state index in [9.17, 15) is 4.79 Å². The fourth-order valence-electron chi connectivity index (χ4n) is 1.70. The minimum atomic E-state index is -0.683. The summed E-state index contributed by atoms with van der Waals surface area (Å²) >= 11 is 1.75. The number of hydrogen-bond donors (Lipinski definition) is 1. The van der Waals surface area contributed by atoms with E-state index in [1.807, 2.05) is 13.2 Å². The van der Waals surface area contributed by atoms with E-state index in [1.165, 1.54) is 0 Å². The largest absolute Gasteiger partial charge is 0.481 e. The van der Waals surface area contributed by atoms with Crippen molar-refractivity contribution in [1.29, 1.82) is 0 Å². The summed E-state index contributed by atoms with van der Waals surface area (Å²) in [5, 5.41) is 16.6. The molecular formula is C10H15N3O2S. The average Bonchev–Trinajstić information content (AvgIpc) is 2.80. The summed E-state index contributed by atoms with van der Waals surface area (Å²) < 4.78 is 1.68. The smallest absolute Gasteiger partial charge is 0.303 e. The second-order valence-electron chi connectivity index (χ2n) is 4.45. The summed E-state index contributed by atoms with van der Waals surface area (Å²) in [6, 6.07) is 0. The Morgan fingerprint density at radius 1 is 1.69 bits per heavy atom. The van der Waals surface area contributed by atoms with Crippen molar-refractivity contribution in [1.82, 2.24) is 15.0 Å². The number of nitrogens with zero attached hydrogens (tertiary/aromatic N) is 3. The van der Waals surface area contributed by atoms with E-state index in [2.05, 4.69) is 10.3 Å². The van der Waals surface area contributed by atoms with Gasteiger partial charge in [0.05, 0.1) is 12.1 Å². The van der Waals surface area contributed by atoms with Gasteiger partial charge in [0.25, 0.3) is 0 Å². The molecule has 1 aliphatic carbocycles. The van der Waals surface area contributed by atoms with Gasteiger partial charge in [0.2, 0.25) is 0 Å². The van der Waals surface area contributed by atoms with Gasteiger partial charge in [-0.25, -0.2) is 0 Å². The van der Waals surface area contributed by atoms with E-state index < -0.39 is 5.97 Å². The lowest BCUT2D eigenvalue weighted by Crippen LogP contribution is -2.11. The Kier molecular flexibility index (Phi) is 3.18. The van der Waals surface area contributed by atoms with Crippen LogP contribution >= 0.6 is 11.8 Å². The maximum atomic E-state index is 10.7. The van der Waals surface area contributed by atoms with Gasteiger partial charge in [0.1, 0.15) is 0 Å². The van der Waals surface area contributed by atoms with Gasteiger partial charge in [0.15, 0.2) is 0 Å². The van der Waals surface area contributed by atoms with Gasteiger partial charge in [-0.05, 0) is 24.0 Å². The molecule has 6 heteroatoms. The molecule has 1 aromatic rings. The highest BCUT2D eigenvalue weighted by atomic mass is 32.2. The maximum Gasteiger partial charge on any atom is 0.303 e. The highest BCUT2D eigenvalue weighted by Crippen LogP contribution is 2.51. The minimum absolute atomic E-state index is 0.0682. The lowest BCUT2D eigenvalue weighted by atomic mass is 10.1. The van der Waals surface area contributed by atoms with Crippen molar-refractivity contribution in [3.05, 3.63) is 11.9 Å². The Bertz CT molecular complexity index is 387. The van der Waals surface area contributed by atoms with Crippen molar-refractivity contribution in [2.45, 2.75) is 25.0 Å². The quantitative estimate of drug-likeness (QED) is 0.813. The molecule has 2 rings (SSSR count). The molecule has 1 N–H and O–H groups in total. The zero-order chi connectivity index (χ0) is 11.6. The molecule has 0 radical (unpaired) electrons. The highest BCUT2D eigenvalue weighted by molar-refractivity contribution is 7.98. The van der Waals surface area contributed by atoms with Crippen LogP contribution in [0.4, 0.5) is 0 Å². The topological polar surface area (TPSA) is 68.0 Å². The van der Waals surface area contributed by atoms with Crippen LogP contribution in [0.3, 0.4) is 0 Å². The number of aliphatic carboxylic acids is 1. The van der Waals surface area contributed by atoms with Crippen molar-refractivity contribution >= 4 is 17.7 Å². The molecule has 0 saturated heterocycles. The van der Waals surface area contributed by atoms with Crippen LogP contribution in [0.2, 0.25) is 0 Å². The molecule has 0 atom stereocenters. The molecule has 1 heterocycles. The number of aryl methyl sites for hydroxylation is 1. The van der Waals surface area contributed by atoms with Crippen LogP contribution in [0.25, 0.3) is 0 Å². The standard InChI is InChI=1S/C10H15N3O2S/c1-13-5-8(11-12-13)6-16-7-10(2-3-10)4-9(14)15/h5H,2-4,6-7H2,1H3,(H,14,15). The summed E-state index contributed by atoms with van der Waals surface area (Å²) in [4.78, 5) is 10.7. The fourth-order valence-corrected chi connectivity index (χ4v) is 2.97. The molecule has 1 saturated carbocycles. The summed E-state index contributed by atoms with van der Waals surface area (Å²) in [5.74, 6) is 1.04. The van der Waals surface area contributed by atoms with E-state index in [0.29, 0.717) is 6.42 Å². The van der Waals surface area contributed by atoms with E-state index in [1.54, 1.807) is 16.4 Å². The van der Waals surface area contributed by atoms with Gasteiger partial charge in [-0.2, -0.15) is 11.8 Å². The fraction of sp³-hybridized carbons (Fsp3) is 0.700. The highest BCUT2D eigenvalue weighted by Gasteiger charge is 2.44. The van der Waals surface area contributed by atoms with E-state index in [-0.39, 0.29) is 5.41 Å². The minimum Gasteiger partial charge on any atom is -0.481 e.